The smallest absolute Gasteiger partial charge is 0.180 e. The van der Waals surface area contributed by atoms with Crippen molar-refractivity contribution in [2.24, 2.45) is 0 Å². The Bertz CT molecular complexity index is 3030. The number of fused-ring (bicyclic) bond motifs is 6. The fourth-order valence-corrected chi connectivity index (χ4v) is 13.5. The van der Waals surface area contributed by atoms with Crippen LogP contribution in [-0.2, 0) is 5.41 Å². The minimum atomic E-state index is -3.95. The molecule has 2 heteroatoms. The van der Waals surface area contributed by atoms with Gasteiger partial charge in [-0.3, -0.25) is 0 Å². The van der Waals surface area contributed by atoms with E-state index in [4.69, 9.17) is 5.48 Å². The van der Waals surface area contributed by atoms with Gasteiger partial charge in [0.15, 0.2) is 8.07 Å². The third-order valence-corrected chi connectivity index (χ3v) is 15.8. The molecule has 1 nitrogen and oxygen atoms in total. The predicted molar refractivity (Wildman–Crippen MR) is 227 cm³/mol. The molecule has 0 saturated heterocycles. The predicted octanol–water partition coefficient (Wildman–Crippen LogP) is 10.5. The van der Waals surface area contributed by atoms with Gasteiger partial charge in [-0.05, 0) is 102 Å². The number of hydrogen-bond donors (Lipinski definition) is 0. The fourth-order valence-electron chi connectivity index (χ4n) is 8.71. The van der Waals surface area contributed by atoms with Crippen LogP contribution in [0.4, 0.5) is 17.1 Å². The summed E-state index contributed by atoms with van der Waals surface area (Å²) in [7, 11) is -3.95. The maximum Gasteiger partial charge on any atom is 0.180 e. The zero-order valence-corrected chi connectivity index (χ0v) is 30.4. The highest BCUT2D eigenvalue weighted by molar-refractivity contribution is 7.22. The van der Waals surface area contributed by atoms with Gasteiger partial charge in [0, 0.05) is 22.5 Å². The lowest BCUT2D eigenvalue weighted by atomic mass is 9.82. The molecule has 0 fully saturated rings. The third kappa shape index (κ3) is 4.76. The van der Waals surface area contributed by atoms with Crippen LogP contribution in [0.15, 0.2) is 200 Å². The molecule has 8 aromatic carbocycles. The van der Waals surface area contributed by atoms with Crippen molar-refractivity contribution in [3.63, 3.8) is 0 Å². The zero-order valence-electron chi connectivity index (χ0n) is 37.4. The molecule has 252 valence electrons. The summed E-state index contributed by atoms with van der Waals surface area (Å²) in [5, 5.41) is 2.14. The second-order valence-electron chi connectivity index (χ2n) is 14.3. The van der Waals surface area contributed by atoms with Gasteiger partial charge in [0.2, 0.25) is 0 Å². The van der Waals surface area contributed by atoms with Crippen LogP contribution in [0.3, 0.4) is 0 Å². The monoisotopic (exact) mass is 701 g/mol. The van der Waals surface area contributed by atoms with Crippen molar-refractivity contribution in [2.75, 3.05) is 4.90 Å². The van der Waals surface area contributed by atoms with Gasteiger partial charge in [-0.2, -0.15) is 0 Å². The molecule has 1 aliphatic heterocycles. The lowest BCUT2D eigenvalue weighted by molar-refractivity contribution is 0.660. The van der Waals surface area contributed by atoms with Crippen molar-refractivity contribution in [1.29, 1.82) is 0 Å². The van der Waals surface area contributed by atoms with Crippen molar-refractivity contribution in [2.45, 2.75) is 19.3 Å². The Morgan fingerprint density at radius 2 is 0.981 bits per heavy atom. The molecule has 0 saturated carbocycles. The third-order valence-electron chi connectivity index (χ3n) is 11.2. The second-order valence-corrected chi connectivity index (χ2v) is 18.0. The minimum Gasteiger partial charge on any atom is -0.310 e. The van der Waals surface area contributed by atoms with Gasteiger partial charge in [0.05, 0.1) is 11.0 Å². The molecule has 0 N–H and O–H groups in total. The Labute approximate surface area is 324 Å². The standard InChI is InChI=1S/C51H39NSi/c1-51(2)47-25-12-9-22-43(47)44-33-32-40(35-48(44)51)52(38-30-28-37(29-31-38)36-16-5-3-6-17-36)39-18-15-21-42(34-39)53(41-19-7-4-8-20-41)49-26-13-10-23-45(49)46-24-11-14-27-50(46)53/h3-35H,1-2H3/i10D,11D,13D,14D,23D,24D,26D,27D. The number of anilines is 3. The van der Waals surface area contributed by atoms with E-state index in [1.54, 1.807) is 0 Å². The van der Waals surface area contributed by atoms with Gasteiger partial charge in [-0.15, -0.1) is 0 Å². The van der Waals surface area contributed by atoms with Crippen molar-refractivity contribution in [3.05, 3.63) is 211 Å². The van der Waals surface area contributed by atoms with Crippen LogP contribution in [0.5, 0.6) is 0 Å². The van der Waals surface area contributed by atoms with E-state index in [1.807, 2.05) is 66.7 Å². The first-order chi connectivity index (χ1) is 29.4. The molecule has 0 unspecified atom stereocenters. The number of nitrogens with zero attached hydrogens (tertiary/aromatic N) is 1. The Balaban J connectivity index is 1.27. The van der Waals surface area contributed by atoms with E-state index < -0.39 is 32.2 Å². The fraction of sp³-hybridized carbons (Fsp3) is 0.0588. The van der Waals surface area contributed by atoms with Crippen LogP contribution in [-0.4, -0.2) is 8.07 Å². The maximum absolute atomic E-state index is 9.57. The summed E-state index contributed by atoms with van der Waals surface area (Å²) >= 11 is 0. The highest BCUT2D eigenvalue weighted by Gasteiger charge is 2.48. The molecular weight excluding hydrogens is 655 g/mol. The first-order valence-corrected chi connectivity index (χ1v) is 20.0. The molecule has 1 heterocycles. The molecule has 0 atom stereocenters. The van der Waals surface area contributed by atoms with Crippen LogP contribution in [0.2, 0.25) is 0 Å². The van der Waals surface area contributed by atoms with Crippen molar-refractivity contribution in [3.8, 4) is 33.4 Å². The van der Waals surface area contributed by atoms with E-state index in [0.717, 1.165) is 38.6 Å². The molecule has 53 heavy (non-hydrogen) atoms. The lowest BCUT2D eigenvalue weighted by Crippen LogP contribution is -2.72. The van der Waals surface area contributed by atoms with Crippen molar-refractivity contribution < 1.29 is 11.0 Å². The van der Waals surface area contributed by atoms with Gasteiger partial charge in [-0.25, -0.2) is 0 Å². The lowest BCUT2D eigenvalue weighted by Gasteiger charge is -2.33. The molecule has 1 aliphatic carbocycles. The molecule has 0 amide bonds. The summed E-state index contributed by atoms with van der Waals surface area (Å²) in [5.74, 6) is 0. The molecule has 8 aromatic rings. The number of hydrogen-bond acceptors (Lipinski definition) is 1. The van der Waals surface area contributed by atoms with Crippen LogP contribution in [0, 0.1) is 0 Å². The average molecular weight is 702 g/mol. The molecule has 2 aliphatic rings. The molecule has 0 spiro atoms. The van der Waals surface area contributed by atoms with Gasteiger partial charge in [0.1, 0.15) is 0 Å². The topological polar surface area (TPSA) is 3.24 Å². The van der Waals surface area contributed by atoms with Crippen LogP contribution in [0.25, 0.3) is 33.4 Å². The zero-order chi connectivity index (χ0) is 42.5. The van der Waals surface area contributed by atoms with Gasteiger partial charge in [-0.1, -0.05) is 177 Å². The van der Waals surface area contributed by atoms with Gasteiger partial charge < -0.3 is 4.90 Å². The van der Waals surface area contributed by atoms with E-state index in [9.17, 15) is 5.48 Å². The minimum absolute atomic E-state index is 0.141. The first kappa shape index (κ1) is 24.1. The summed E-state index contributed by atoms with van der Waals surface area (Å²) < 4.78 is 73.1. The summed E-state index contributed by atoms with van der Waals surface area (Å²) in [6, 6.07) is 48.6. The Morgan fingerprint density at radius 1 is 0.434 bits per heavy atom. The molecule has 0 radical (unpaired) electrons. The van der Waals surface area contributed by atoms with Crippen molar-refractivity contribution >= 4 is 45.9 Å². The Hall–Kier alpha value is -6.22. The van der Waals surface area contributed by atoms with E-state index in [2.05, 4.69) is 104 Å². The molecular formula is C51H39NSi. The summed E-state index contributed by atoms with van der Waals surface area (Å²) in [4.78, 5) is 2.21. The second kappa shape index (κ2) is 12.2. The summed E-state index contributed by atoms with van der Waals surface area (Å²) in [6.07, 6.45) is 0. The average Bonchev–Trinajstić information content (AvgIpc) is 3.74. The highest BCUT2D eigenvalue weighted by Crippen LogP contribution is 2.50. The molecule has 0 bridgehead atoms. The first-order valence-electron chi connectivity index (χ1n) is 22.0. The summed E-state index contributed by atoms with van der Waals surface area (Å²) in [5.41, 5.74) is 9.69. The Morgan fingerprint density at radius 3 is 1.70 bits per heavy atom. The van der Waals surface area contributed by atoms with Crippen LogP contribution < -0.4 is 25.6 Å². The van der Waals surface area contributed by atoms with E-state index in [-0.39, 0.29) is 40.7 Å². The maximum atomic E-state index is 9.57. The summed E-state index contributed by atoms with van der Waals surface area (Å²) in [6.45, 7) is 4.52. The van der Waals surface area contributed by atoms with Crippen LogP contribution >= 0.6 is 0 Å². The van der Waals surface area contributed by atoms with E-state index in [1.165, 1.54) is 22.3 Å². The number of rotatable bonds is 6. The van der Waals surface area contributed by atoms with E-state index in [0.29, 0.717) is 10.4 Å². The largest absolute Gasteiger partial charge is 0.310 e. The number of benzene rings is 8. The quantitative estimate of drug-likeness (QED) is 0.156. The van der Waals surface area contributed by atoms with E-state index >= 15 is 0 Å². The van der Waals surface area contributed by atoms with Gasteiger partial charge >= 0.3 is 0 Å². The molecule has 0 aromatic heterocycles. The Kier molecular flexibility index (Phi) is 5.54. The normalized spacial score (nSPS) is 16.3. The molecule has 10 rings (SSSR count). The van der Waals surface area contributed by atoms with Crippen LogP contribution in [0.1, 0.15) is 35.9 Å². The van der Waals surface area contributed by atoms with Crippen molar-refractivity contribution in [1.82, 2.24) is 0 Å². The SMILES string of the molecule is [2H]c1c([2H])c([2H])c2c(c1[2H])-c1c([2H])c([2H])c([2H])c([2H])c1[Si]2(c1ccccc1)c1cccc(N(c2ccc(-c3ccccc3)cc2)c2ccc3c(c2)C(C)(C)c2ccccc2-3)c1. The van der Waals surface area contributed by atoms with Gasteiger partial charge in [0.25, 0.3) is 0 Å². The highest BCUT2D eigenvalue weighted by atomic mass is 28.3.